The molecule has 0 saturated carbocycles. The highest BCUT2D eigenvalue weighted by atomic mass is 15.1. The molecular weight excluding hydrogens is 148 g/mol. The van der Waals surface area contributed by atoms with Crippen LogP contribution in [0.15, 0.2) is 0 Å². The van der Waals surface area contributed by atoms with Crippen LogP contribution in [0.3, 0.4) is 0 Å². The molecular formula is C10H22N2. The summed E-state index contributed by atoms with van der Waals surface area (Å²) < 4.78 is 0. The van der Waals surface area contributed by atoms with Gasteiger partial charge in [0.15, 0.2) is 0 Å². The SMILES string of the molecule is CN1CCC(CN)(C(C)(C)C)C1. The molecule has 1 fully saturated rings. The maximum absolute atomic E-state index is 5.89. The Morgan fingerprint density at radius 2 is 2.00 bits per heavy atom. The van der Waals surface area contributed by atoms with E-state index >= 15 is 0 Å². The molecule has 0 spiro atoms. The third-order valence-electron chi connectivity index (χ3n) is 3.53. The van der Waals surface area contributed by atoms with Crippen molar-refractivity contribution in [3.8, 4) is 0 Å². The van der Waals surface area contributed by atoms with E-state index in [1.807, 2.05) is 0 Å². The minimum atomic E-state index is 0.340. The van der Waals surface area contributed by atoms with Crippen molar-refractivity contribution in [2.45, 2.75) is 27.2 Å². The average Bonchev–Trinajstić information content (AvgIpc) is 2.31. The molecule has 0 aromatic rings. The zero-order chi connectivity index (χ0) is 9.41. The lowest BCUT2D eigenvalue weighted by Crippen LogP contribution is -2.44. The standard InChI is InChI=1S/C10H22N2/c1-9(2,3)10(7-11)5-6-12(4)8-10/h5-8,11H2,1-4H3. The molecule has 72 valence electrons. The van der Waals surface area contributed by atoms with Gasteiger partial charge in [0.1, 0.15) is 0 Å². The van der Waals surface area contributed by atoms with Crippen LogP contribution in [0.4, 0.5) is 0 Å². The van der Waals surface area contributed by atoms with Gasteiger partial charge in [0.05, 0.1) is 0 Å². The molecule has 1 unspecified atom stereocenters. The number of hydrogen-bond donors (Lipinski definition) is 1. The summed E-state index contributed by atoms with van der Waals surface area (Å²) in [5, 5.41) is 0. The van der Waals surface area contributed by atoms with E-state index in [2.05, 4.69) is 32.7 Å². The average molecular weight is 170 g/mol. The summed E-state index contributed by atoms with van der Waals surface area (Å²) in [5.74, 6) is 0. The monoisotopic (exact) mass is 170 g/mol. The zero-order valence-electron chi connectivity index (χ0n) is 8.85. The van der Waals surface area contributed by atoms with Gasteiger partial charge in [0.25, 0.3) is 0 Å². The molecule has 12 heavy (non-hydrogen) atoms. The highest BCUT2D eigenvalue weighted by Crippen LogP contribution is 2.44. The van der Waals surface area contributed by atoms with E-state index in [0.717, 1.165) is 13.1 Å². The normalized spacial score (nSPS) is 32.8. The Balaban J connectivity index is 2.78. The van der Waals surface area contributed by atoms with Crippen molar-refractivity contribution in [3.05, 3.63) is 0 Å². The van der Waals surface area contributed by atoms with E-state index in [9.17, 15) is 0 Å². The maximum Gasteiger partial charge on any atom is 0.00525 e. The molecule has 0 aromatic heterocycles. The van der Waals surface area contributed by atoms with Crippen molar-refractivity contribution in [1.29, 1.82) is 0 Å². The summed E-state index contributed by atoms with van der Waals surface area (Å²) >= 11 is 0. The van der Waals surface area contributed by atoms with Crippen LogP contribution < -0.4 is 5.73 Å². The van der Waals surface area contributed by atoms with E-state index in [1.165, 1.54) is 13.0 Å². The fourth-order valence-corrected chi connectivity index (χ4v) is 2.16. The Morgan fingerprint density at radius 3 is 2.17 bits per heavy atom. The quantitative estimate of drug-likeness (QED) is 0.643. The second-order valence-corrected chi connectivity index (χ2v) is 5.22. The number of nitrogens with two attached hydrogens (primary N) is 1. The van der Waals surface area contributed by atoms with Crippen LogP contribution in [0, 0.1) is 10.8 Å². The van der Waals surface area contributed by atoms with Gasteiger partial charge >= 0.3 is 0 Å². The van der Waals surface area contributed by atoms with Gasteiger partial charge in [-0.25, -0.2) is 0 Å². The van der Waals surface area contributed by atoms with Crippen LogP contribution in [-0.4, -0.2) is 31.6 Å². The van der Waals surface area contributed by atoms with Gasteiger partial charge in [0, 0.05) is 12.0 Å². The number of rotatable bonds is 1. The molecule has 1 saturated heterocycles. The second-order valence-electron chi connectivity index (χ2n) is 5.22. The molecule has 2 heteroatoms. The van der Waals surface area contributed by atoms with Crippen molar-refractivity contribution >= 4 is 0 Å². The summed E-state index contributed by atoms with van der Waals surface area (Å²) in [4.78, 5) is 2.39. The second kappa shape index (κ2) is 3.00. The number of likely N-dealkylation sites (tertiary alicyclic amines) is 1. The van der Waals surface area contributed by atoms with Crippen molar-refractivity contribution in [2.75, 3.05) is 26.7 Å². The first-order valence-corrected chi connectivity index (χ1v) is 4.80. The van der Waals surface area contributed by atoms with Crippen LogP contribution in [0.5, 0.6) is 0 Å². The molecule has 0 amide bonds. The third-order valence-corrected chi connectivity index (χ3v) is 3.53. The van der Waals surface area contributed by atoms with Crippen LogP contribution in [0.25, 0.3) is 0 Å². The molecule has 0 radical (unpaired) electrons. The van der Waals surface area contributed by atoms with E-state index in [4.69, 9.17) is 5.73 Å². The molecule has 1 heterocycles. The Morgan fingerprint density at radius 1 is 1.42 bits per heavy atom. The largest absolute Gasteiger partial charge is 0.330 e. The molecule has 1 aliphatic rings. The Kier molecular flexibility index (Phi) is 2.50. The van der Waals surface area contributed by atoms with Gasteiger partial charge in [-0.1, -0.05) is 20.8 Å². The van der Waals surface area contributed by atoms with Crippen molar-refractivity contribution in [2.24, 2.45) is 16.6 Å². The van der Waals surface area contributed by atoms with Gasteiger partial charge < -0.3 is 10.6 Å². The molecule has 2 nitrogen and oxygen atoms in total. The highest BCUT2D eigenvalue weighted by Gasteiger charge is 2.44. The molecule has 1 atom stereocenters. The lowest BCUT2D eigenvalue weighted by atomic mass is 9.66. The summed E-state index contributed by atoms with van der Waals surface area (Å²) in [6.07, 6.45) is 1.25. The van der Waals surface area contributed by atoms with Crippen molar-refractivity contribution in [3.63, 3.8) is 0 Å². The minimum Gasteiger partial charge on any atom is -0.330 e. The van der Waals surface area contributed by atoms with Crippen LogP contribution >= 0.6 is 0 Å². The summed E-state index contributed by atoms with van der Waals surface area (Å²) in [7, 11) is 2.18. The molecule has 0 aromatic carbocycles. The number of hydrogen-bond acceptors (Lipinski definition) is 2. The first-order chi connectivity index (χ1) is 5.41. The zero-order valence-corrected chi connectivity index (χ0v) is 8.85. The third kappa shape index (κ3) is 1.50. The lowest BCUT2D eigenvalue weighted by Gasteiger charge is -2.41. The van der Waals surface area contributed by atoms with Crippen LogP contribution in [-0.2, 0) is 0 Å². The van der Waals surface area contributed by atoms with Crippen molar-refractivity contribution in [1.82, 2.24) is 4.90 Å². The smallest absolute Gasteiger partial charge is 0.00525 e. The first kappa shape index (κ1) is 10.0. The predicted octanol–water partition coefficient (Wildman–Crippen LogP) is 1.31. The summed E-state index contributed by atoms with van der Waals surface area (Å²) in [5.41, 5.74) is 6.58. The van der Waals surface area contributed by atoms with Gasteiger partial charge in [-0.3, -0.25) is 0 Å². The minimum absolute atomic E-state index is 0.340. The summed E-state index contributed by atoms with van der Waals surface area (Å²) in [6, 6.07) is 0. The maximum atomic E-state index is 5.89. The van der Waals surface area contributed by atoms with Gasteiger partial charge in [-0.15, -0.1) is 0 Å². The Labute approximate surface area is 76.1 Å². The van der Waals surface area contributed by atoms with Crippen LogP contribution in [0.2, 0.25) is 0 Å². The summed E-state index contributed by atoms with van der Waals surface area (Å²) in [6.45, 7) is 10.1. The van der Waals surface area contributed by atoms with E-state index < -0.39 is 0 Å². The number of nitrogens with zero attached hydrogens (tertiary/aromatic N) is 1. The topological polar surface area (TPSA) is 29.3 Å². The van der Waals surface area contributed by atoms with E-state index in [0.29, 0.717) is 10.8 Å². The highest BCUT2D eigenvalue weighted by molar-refractivity contribution is 4.97. The van der Waals surface area contributed by atoms with Crippen LogP contribution in [0.1, 0.15) is 27.2 Å². The lowest BCUT2D eigenvalue weighted by molar-refractivity contribution is 0.107. The molecule has 1 rings (SSSR count). The fraction of sp³-hybridized carbons (Fsp3) is 1.00. The first-order valence-electron chi connectivity index (χ1n) is 4.80. The van der Waals surface area contributed by atoms with Crippen molar-refractivity contribution < 1.29 is 0 Å². The molecule has 0 aliphatic carbocycles. The molecule has 1 aliphatic heterocycles. The Hall–Kier alpha value is -0.0800. The molecule has 2 N–H and O–H groups in total. The van der Waals surface area contributed by atoms with Gasteiger partial charge in [-0.05, 0) is 32.0 Å². The predicted molar refractivity (Wildman–Crippen MR) is 53.1 cm³/mol. The van der Waals surface area contributed by atoms with Gasteiger partial charge in [0.2, 0.25) is 0 Å². The fourth-order valence-electron chi connectivity index (χ4n) is 2.16. The van der Waals surface area contributed by atoms with E-state index in [-0.39, 0.29) is 0 Å². The van der Waals surface area contributed by atoms with Gasteiger partial charge in [-0.2, -0.15) is 0 Å². The Bertz CT molecular complexity index is 160. The van der Waals surface area contributed by atoms with E-state index in [1.54, 1.807) is 0 Å². The molecule has 0 bridgehead atoms.